The molecule has 0 aromatic heterocycles. The van der Waals surface area contributed by atoms with Crippen LogP contribution in [0.5, 0.6) is 5.75 Å². The Hall–Kier alpha value is -0.510. The predicted octanol–water partition coefficient (Wildman–Crippen LogP) is 3.46. The third-order valence-corrected chi connectivity index (χ3v) is 2.75. The Kier molecular flexibility index (Phi) is 6.65. The number of nitrogens with two attached hydrogens (primary N) is 1. The first-order valence-electron chi connectivity index (χ1n) is 4.39. The highest BCUT2D eigenvalue weighted by Crippen LogP contribution is 2.28. The van der Waals surface area contributed by atoms with Crippen LogP contribution < -0.4 is 10.5 Å². The molecule has 0 heterocycles. The molecule has 0 saturated carbocycles. The molecule has 2 nitrogen and oxygen atoms in total. The van der Waals surface area contributed by atoms with Crippen molar-refractivity contribution in [2.75, 3.05) is 7.11 Å². The zero-order valence-electron chi connectivity index (χ0n) is 8.57. The molecule has 0 bridgehead atoms. The Labute approximate surface area is 105 Å². The summed E-state index contributed by atoms with van der Waals surface area (Å²) in [7, 11) is 1.64. The molecule has 15 heavy (non-hydrogen) atoms. The third kappa shape index (κ3) is 3.86. The lowest BCUT2D eigenvalue weighted by molar-refractivity contribution is 0.413. The largest absolute Gasteiger partial charge is 0.497 e. The van der Waals surface area contributed by atoms with Gasteiger partial charge in [-0.05, 0) is 30.2 Å². The summed E-state index contributed by atoms with van der Waals surface area (Å²) in [6.45, 7) is 3.67. The standard InChI is InChI=1S/C11H14BrNO.ClH/c1-3-4-11(13)9-7-8(14-2)5-6-10(9)12;/h3,5-7,11H,1,4,13H2,2H3;1H/t11-;/m0./s1. The van der Waals surface area contributed by atoms with Gasteiger partial charge in [-0.2, -0.15) is 0 Å². The van der Waals surface area contributed by atoms with Gasteiger partial charge in [-0.25, -0.2) is 0 Å². The normalized spacial score (nSPS) is 11.4. The molecular weight excluding hydrogens is 277 g/mol. The quantitative estimate of drug-likeness (QED) is 0.863. The van der Waals surface area contributed by atoms with Crippen LogP contribution in [0.25, 0.3) is 0 Å². The van der Waals surface area contributed by atoms with Gasteiger partial charge >= 0.3 is 0 Å². The molecule has 0 unspecified atom stereocenters. The summed E-state index contributed by atoms with van der Waals surface area (Å²) < 4.78 is 6.14. The van der Waals surface area contributed by atoms with Crippen LogP contribution in [0.4, 0.5) is 0 Å². The van der Waals surface area contributed by atoms with Crippen molar-refractivity contribution in [2.24, 2.45) is 5.73 Å². The SMILES string of the molecule is C=CC[C@H](N)c1cc(OC)ccc1Br.Cl. The highest BCUT2D eigenvalue weighted by molar-refractivity contribution is 9.10. The first-order valence-corrected chi connectivity index (χ1v) is 5.18. The highest BCUT2D eigenvalue weighted by Gasteiger charge is 2.09. The van der Waals surface area contributed by atoms with Gasteiger partial charge in [0.1, 0.15) is 5.75 Å². The van der Waals surface area contributed by atoms with E-state index in [1.165, 1.54) is 0 Å². The number of methoxy groups -OCH3 is 1. The molecule has 1 atom stereocenters. The molecule has 1 rings (SSSR count). The topological polar surface area (TPSA) is 35.2 Å². The van der Waals surface area contributed by atoms with Gasteiger partial charge in [-0.3, -0.25) is 0 Å². The second-order valence-electron chi connectivity index (χ2n) is 3.02. The fourth-order valence-corrected chi connectivity index (χ4v) is 1.78. The monoisotopic (exact) mass is 291 g/mol. The molecule has 4 heteroatoms. The molecule has 2 N–H and O–H groups in total. The minimum absolute atomic E-state index is 0. The zero-order chi connectivity index (χ0) is 10.6. The van der Waals surface area contributed by atoms with Crippen molar-refractivity contribution in [1.82, 2.24) is 0 Å². The van der Waals surface area contributed by atoms with Gasteiger partial charge in [-0.15, -0.1) is 19.0 Å². The van der Waals surface area contributed by atoms with Crippen LogP contribution in [0.1, 0.15) is 18.0 Å². The van der Waals surface area contributed by atoms with E-state index in [2.05, 4.69) is 22.5 Å². The fraction of sp³-hybridized carbons (Fsp3) is 0.273. The smallest absolute Gasteiger partial charge is 0.119 e. The Morgan fingerprint density at radius 2 is 2.27 bits per heavy atom. The van der Waals surface area contributed by atoms with Gasteiger partial charge in [0.15, 0.2) is 0 Å². The van der Waals surface area contributed by atoms with E-state index in [1.807, 2.05) is 24.3 Å². The van der Waals surface area contributed by atoms with Gasteiger partial charge < -0.3 is 10.5 Å². The van der Waals surface area contributed by atoms with Crippen LogP contribution in [0.15, 0.2) is 35.3 Å². The maximum atomic E-state index is 5.97. The van der Waals surface area contributed by atoms with Crippen LogP contribution in [-0.4, -0.2) is 7.11 Å². The first-order chi connectivity index (χ1) is 6.69. The van der Waals surface area contributed by atoms with Crippen LogP contribution in [0.3, 0.4) is 0 Å². The molecule has 0 spiro atoms. The van der Waals surface area contributed by atoms with Gasteiger partial charge in [0, 0.05) is 10.5 Å². The minimum atomic E-state index is -0.0306. The van der Waals surface area contributed by atoms with Crippen molar-refractivity contribution in [3.63, 3.8) is 0 Å². The average Bonchev–Trinajstić information content (AvgIpc) is 2.19. The molecule has 0 radical (unpaired) electrons. The third-order valence-electron chi connectivity index (χ3n) is 2.02. The molecule has 0 fully saturated rings. The van der Waals surface area contributed by atoms with Crippen molar-refractivity contribution in [1.29, 1.82) is 0 Å². The Balaban J connectivity index is 0.00000196. The second kappa shape index (κ2) is 6.88. The maximum Gasteiger partial charge on any atom is 0.119 e. The van der Waals surface area contributed by atoms with Gasteiger partial charge in [-0.1, -0.05) is 22.0 Å². The average molecular weight is 293 g/mol. The molecule has 84 valence electrons. The van der Waals surface area contributed by atoms with Gasteiger partial charge in [0.05, 0.1) is 7.11 Å². The molecule has 0 aliphatic carbocycles. The fourth-order valence-electron chi connectivity index (χ4n) is 1.24. The van der Waals surface area contributed by atoms with E-state index in [4.69, 9.17) is 10.5 Å². The number of benzene rings is 1. The van der Waals surface area contributed by atoms with Crippen molar-refractivity contribution >= 4 is 28.3 Å². The van der Waals surface area contributed by atoms with Crippen LogP contribution >= 0.6 is 28.3 Å². The lowest BCUT2D eigenvalue weighted by Crippen LogP contribution is -2.09. The van der Waals surface area contributed by atoms with E-state index in [0.29, 0.717) is 0 Å². The number of hydrogen-bond donors (Lipinski definition) is 1. The molecule has 0 amide bonds. The zero-order valence-corrected chi connectivity index (χ0v) is 11.0. The van der Waals surface area contributed by atoms with Crippen molar-refractivity contribution < 1.29 is 4.74 Å². The Bertz CT molecular complexity index is 330. The summed E-state index contributed by atoms with van der Waals surface area (Å²) in [5, 5.41) is 0. The lowest BCUT2D eigenvalue weighted by atomic mass is 10.0. The van der Waals surface area contributed by atoms with Crippen molar-refractivity contribution in [2.45, 2.75) is 12.5 Å². The van der Waals surface area contributed by atoms with E-state index in [1.54, 1.807) is 7.11 Å². The Morgan fingerprint density at radius 3 is 2.80 bits per heavy atom. The van der Waals surface area contributed by atoms with Crippen molar-refractivity contribution in [3.8, 4) is 5.75 Å². The van der Waals surface area contributed by atoms with E-state index in [0.717, 1.165) is 22.2 Å². The summed E-state index contributed by atoms with van der Waals surface area (Å²) in [6.07, 6.45) is 2.57. The van der Waals surface area contributed by atoms with Crippen LogP contribution in [0.2, 0.25) is 0 Å². The van der Waals surface area contributed by atoms with E-state index in [9.17, 15) is 0 Å². The van der Waals surface area contributed by atoms with E-state index >= 15 is 0 Å². The molecular formula is C11H15BrClNO. The van der Waals surface area contributed by atoms with Crippen LogP contribution in [0, 0.1) is 0 Å². The minimum Gasteiger partial charge on any atom is -0.497 e. The summed E-state index contributed by atoms with van der Waals surface area (Å²) in [5.41, 5.74) is 7.02. The number of halogens is 2. The predicted molar refractivity (Wildman–Crippen MR) is 69.7 cm³/mol. The molecule has 0 saturated heterocycles. The summed E-state index contributed by atoms with van der Waals surface area (Å²) in [5.74, 6) is 0.822. The summed E-state index contributed by atoms with van der Waals surface area (Å²) >= 11 is 3.46. The lowest BCUT2D eigenvalue weighted by Gasteiger charge is -2.13. The van der Waals surface area contributed by atoms with Gasteiger partial charge in [0.2, 0.25) is 0 Å². The maximum absolute atomic E-state index is 5.97. The number of ether oxygens (including phenoxy) is 1. The highest BCUT2D eigenvalue weighted by atomic mass is 79.9. The second-order valence-corrected chi connectivity index (χ2v) is 3.87. The van der Waals surface area contributed by atoms with Gasteiger partial charge in [0.25, 0.3) is 0 Å². The molecule has 1 aromatic carbocycles. The number of hydrogen-bond acceptors (Lipinski definition) is 2. The van der Waals surface area contributed by atoms with E-state index in [-0.39, 0.29) is 18.4 Å². The Morgan fingerprint density at radius 1 is 1.60 bits per heavy atom. The summed E-state index contributed by atoms with van der Waals surface area (Å²) in [6, 6.07) is 5.75. The van der Waals surface area contributed by atoms with Crippen LogP contribution in [-0.2, 0) is 0 Å². The molecule has 1 aromatic rings. The first kappa shape index (κ1) is 14.5. The van der Waals surface area contributed by atoms with E-state index < -0.39 is 0 Å². The molecule has 0 aliphatic rings. The van der Waals surface area contributed by atoms with Crippen molar-refractivity contribution in [3.05, 3.63) is 40.9 Å². The molecule has 0 aliphatic heterocycles. The summed E-state index contributed by atoms with van der Waals surface area (Å²) in [4.78, 5) is 0. The number of rotatable bonds is 4.